The van der Waals surface area contributed by atoms with E-state index in [2.05, 4.69) is 42.3 Å². The van der Waals surface area contributed by atoms with E-state index >= 15 is 0 Å². The Kier molecular flexibility index (Phi) is 7.11. The first-order valence-corrected chi connectivity index (χ1v) is 10.5. The maximum Gasteiger partial charge on any atom is 0.307 e. The average Bonchev–Trinajstić information content (AvgIpc) is 3.14. The monoisotopic (exact) mass is 409 g/mol. The molecule has 1 amide bonds. The minimum atomic E-state index is -0.434. The molecule has 0 saturated carbocycles. The highest BCUT2D eigenvalue weighted by Crippen LogP contribution is 2.33. The molecule has 2 aromatic rings. The number of hydrogen-bond acceptors (Lipinski definition) is 5. The molecule has 0 unspecified atom stereocenters. The molecule has 1 aliphatic rings. The lowest BCUT2D eigenvalue weighted by molar-refractivity contribution is -0.140. The fourth-order valence-corrected chi connectivity index (χ4v) is 4.23. The first-order chi connectivity index (χ1) is 14.4. The van der Waals surface area contributed by atoms with Crippen LogP contribution in [-0.4, -0.2) is 38.1 Å². The van der Waals surface area contributed by atoms with E-state index in [-0.39, 0.29) is 24.5 Å². The Hall–Kier alpha value is -2.86. The summed E-state index contributed by atoms with van der Waals surface area (Å²) in [5, 5.41) is 3.63. The molecular weight excluding hydrogens is 378 g/mol. The van der Waals surface area contributed by atoms with Crippen LogP contribution >= 0.6 is 0 Å². The van der Waals surface area contributed by atoms with Crippen molar-refractivity contribution in [2.24, 2.45) is 5.73 Å². The van der Waals surface area contributed by atoms with Crippen LogP contribution in [0.15, 0.2) is 42.5 Å². The van der Waals surface area contributed by atoms with Crippen LogP contribution in [0.1, 0.15) is 53.4 Å². The number of ether oxygens (including phenoxy) is 1. The molecule has 6 nitrogen and oxygen atoms in total. The number of benzene rings is 2. The van der Waals surface area contributed by atoms with Crippen LogP contribution < -0.4 is 16.0 Å². The number of hydrogen-bond donors (Lipinski definition) is 2. The summed E-state index contributed by atoms with van der Waals surface area (Å²) in [6.45, 7) is 5.60. The number of anilines is 1. The number of esters is 1. The zero-order valence-corrected chi connectivity index (χ0v) is 18.0. The van der Waals surface area contributed by atoms with Gasteiger partial charge in [0.25, 0.3) is 5.91 Å². The standard InChI is InChI=1S/C24H31N3O3/c1-16(26-17(2)19-7-5-4-6-8-19)13-18-14-20-9-11-27(12-10-22(28)30-3)23(20)21(15-18)24(25)29/h4-8,14-17,26H,9-13H2,1-3H3,(H2,25,29)/t16-,17-/m1/s1. The van der Waals surface area contributed by atoms with Crippen molar-refractivity contribution in [3.63, 3.8) is 0 Å². The summed E-state index contributed by atoms with van der Waals surface area (Å²) in [6.07, 6.45) is 1.92. The fraction of sp³-hybridized carbons (Fsp3) is 0.417. The Bertz CT molecular complexity index is 898. The molecule has 30 heavy (non-hydrogen) atoms. The molecule has 2 atom stereocenters. The van der Waals surface area contributed by atoms with Gasteiger partial charge in [-0.1, -0.05) is 36.4 Å². The summed E-state index contributed by atoms with van der Waals surface area (Å²) in [4.78, 5) is 25.8. The molecule has 0 radical (unpaired) electrons. The minimum Gasteiger partial charge on any atom is -0.469 e. The molecule has 0 saturated heterocycles. The highest BCUT2D eigenvalue weighted by atomic mass is 16.5. The van der Waals surface area contributed by atoms with E-state index < -0.39 is 5.91 Å². The van der Waals surface area contributed by atoms with Gasteiger partial charge in [-0.05, 0) is 49.4 Å². The zero-order chi connectivity index (χ0) is 21.7. The Morgan fingerprint density at radius 3 is 2.60 bits per heavy atom. The van der Waals surface area contributed by atoms with Crippen molar-refractivity contribution in [1.82, 2.24) is 5.32 Å². The first-order valence-electron chi connectivity index (χ1n) is 10.5. The molecule has 0 spiro atoms. The lowest BCUT2D eigenvalue weighted by Crippen LogP contribution is -2.31. The number of carbonyl (C=O) groups is 2. The van der Waals surface area contributed by atoms with E-state index in [1.807, 2.05) is 24.3 Å². The molecule has 1 aliphatic heterocycles. The normalized spacial score (nSPS) is 14.8. The summed E-state index contributed by atoms with van der Waals surface area (Å²) in [6, 6.07) is 14.9. The summed E-state index contributed by atoms with van der Waals surface area (Å²) in [7, 11) is 1.38. The van der Waals surface area contributed by atoms with Gasteiger partial charge >= 0.3 is 5.97 Å². The van der Waals surface area contributed by atoms with Gasteiger partial charge in [-0.25, -0.2) is 0 Å². The minimum absolute atomic E-state index is 0.232. The van der Waals surface area contributed by atoms with Crippen LogP contribution in [0.25, 0.3) is 0 Å². The van der Waals surface area contributed by atoms with Gasteiger partial charge in [0.15, 0.2) is 0 Å². The van der Waals surface area contributed by atoms with Crippen LogP contribution in [0.4, 0.5) is 5.69 Å². The van der Waals surface area contributed by atoms with E-state index in [9.17, 15) is 9.59 Å². The van der Waals surface area contributed by atoms with Crippen molar-refractivity contribution < 1.29 is 14.3 Å². The van der Waals surface area contributed by atoms with Crippen LogP contribution in [0.3, 0.4) is 0 Å². The number of primary amides is 1. The molecule has 0 fully saturated rings. The van der Waals surface area contributed by atoms with Gasteiger partial charge in [0, 0.05) is 25.2 Å². The average molecular weight is 410 g/mol. The van der Waals surface area contributed by atoms with Gasteiger partial charge in [-0.3, -0.25) is 9.59 Å². The van der Waals surface area contributed by atoms with E-state index in [0.717, 1.165) is 36.2 Å². The number of fused-ring (bicyclic) bond motifs is 1. The van der Waals surface area contributed by atoms with Crippen molar-refractivity contribution in [2.75, 3.05) is 25.1 Å². The molecule has 2 aromatic carbocycles. The summed E-state index contributed by atoms with van der Waals surface area (Å²) in [5.41, 5.74) is 10.6. The van der Waals surface area contributed by atoms with Crippen molar-refractivity contribution in [2.45, 2.75) is 45.2 Å². The Balaban J connectivity index is 1.73. The second-order valence-electron chi connectivity index (χ2n) is 7.98. The fourth-order valence-electron chi connectivity index (χ4n) is 4.23. The number of amides is 1. The second kappa shape index (κ2) is 9.76. The predicted octanol–water partition coefficient (Wildman–Crippen LogP) is 2.99. The van der Waals surface area contributed by atoms with E-state index in [0.29, 0.717) is 12.1 Å². The molecule has 0 aliphatic carbocycles. The van der Waals surface area contributed by atoms with Crippen molar-refractivity contribution in [1.29, 1.82) is 0 Å². The Morgan fingerprint density at radius 1 is 1.20 bits per heavy atom. The molecule has 160 valence electrons. The van der Waals surface area contributed by atoms with E-state index in [4.69, 9.17) is 10.5 Å². The van der Waals surface area contributed by atoms with Crippen molar-refractivity contribution in [3.8, 4) is 0 Å². The number of nitrogens with one attached hydrogen (secondary N) is 1. The lowest BCUT2D eigenvalue weighted by atomic mass is 9.97. The molecule has 6 heteroatoms. The van der Waals surface area contributed by atoms with Gasteiger partial charge in [0.1, 0.15) is 0 Å². The quantitative estimate of drug-likeness (QED) is 0.622. The van der Waals surface area contributed by atoms with Crippen LogP contribution in [0, 0.1) is 0 Å². The van der Waals surface area contributed by atoms with E-state index in [1.165, 1.54) is 12.7 Å². The van der Waals surface area contributed by atoms with Crippen LogP contribution in [-0.2, 0) is 22.4 Å². The summed E-state index contributed by atoms with van der Waals surface area (Å²) in [5.74, 6) is -0.690. The van der Waals surface area contributed by atoms with E-state index in [1.54, 1.807) is 0 Å². The van der Waals surface area contributed by atoms with Crippen LogP contribution in [0.5, 0.6) is 0 Å². The molecule has 0 bridgehead atoms. The third-order valence-corrected chi connectivity index (χ3v) is 5.67. The molecule has 0 aromatic heterocycles. The summed E-state index contributed by atoms with van der Waals surface area (Å²) >= 11 is 0. The SMILES string of the molecule is COC(=O)CCN1CCc2cc(C[C@@H](C)N[C@H](C)c3ccccc3)cc(C(N)=O)c21. The largest absolute Gasteiger partial charge is 0.469 e. The molecule has 1 heterocycles. The molecule has 3 N–H and O–H groups in total. The van der Waals surface area contributed by atoms with Gasteiger partial charge < -0.3 is 20.7 Å². The summed E-state index contributed by atoms with van der Waals surface area (Å²) < 4.78 is 4.74. The maximum absolute atomic E-state index is 12.2. The van der Waals surface area contributed by atoms with Crippen molar-refractivity contribution >= 4 is 17.6 Å². The van der Waals surface area contributed by atoms with Gasteiger partial charge in [0.2, 0.25) is 0 Å². The predicted molar refractivity (Wildman–Crippen MR) is 119 cm³/mol. The molecular formula is C24H31N3O3. The first kappa shape index (κ1) is 21.8. The number of nitrogens with two attached hydrogens (primary N) is 1. The van der Waals surface area contributed by atoms with Crippen LogP contribution in [0.2, 0.25) is 0 Å². The number of nitrogens with zero attached hydrogens (tertiary/aromatic N) is 1. The van der Waals surface area contributed by atoms with Crippen molar-refractivity contribution in [3.05, 3.63) is 64.7 Å². The second-order valence-corrected chi connectivity index (χ2v) is 7.98. The maximum atomic E-state index is 12.2. The number of carbonyl (C=O) groups excluding carboxylic acids is 2. The Morgan fingerprint density at radius 2 is 1.93 bits per heavy atom. The van der Waals surface area contributed by atoms with Gasteiger partial charge in [-0.15, -0.1) is 0 Å². The number of methoxy groups -OCH3 is 1. The zero-order valence-electron chi connectivity index (χ0n) is 18.0. The third kappa shape index (κ3) is 5.19. The molecule has 3 rings (SSSR count). The topological polar surface area (TPSA) is 84.7 Å². The lowest BCUT2D eigenvalue weighted by Gasteiger charge is -2.23. The number of rotatable bonds is 9. The van der Waals surface area contributed by atoms with Gasteiger partial charge in [0.05, 0.1) is 24.8 Å². The smallest absolute Gasteiger partial charge is 0.307 e. The third-order valence-electron chi connectivity index (χ3n) is 5.67. The Labute approximate surface area is 178 Å². The highest BCUT2D eigenvalue weighted by Gasteiger charge is 2.26. The highest BCUT2D eigenvalue weighted by molar-refractivity contribution is 6.00. The van der Waals surface area contributed by atoms with Gasteiger partial charge in [-0.2, -0.15) is 0 Å².